The van der Waals surface area contributed by atoms with Gasteiger partial charge in [-0.15, -0.1) is 0 Å². The molecule has 0 aromatic heterocycles. The summed E-state index contributed by atoms with van der Waals surface area (Å²) in [5.41, 5.74) is 0. The number of ether oxygens (including phenoxy) is 1. The van der Waals surface area contributed by atoms with E-state index in [1.807, 2.05) is 0 Å². The quantitative estimate of drug-likeness (QED) is 0.609. The Hall–Kier alpha value is -0.810. The number of likely N-dealkylation sites (N-methyl/N-ethyl adjacent to an activating group) is 1. The van der Waals surface area contributed by atoms with Crippen LogP contribution in [0.5, 0.6) is 0 Å². The molecule has 0 aliphatic rings. The number of aliphatic hydroxyl groups is 1. The molecule has 1 atom stereocenters. The standard InChI is InChI=1S/C10H22N2O3/c1-4-5-6-11-10(14)12(2)7-9(13)8-15-3/h9,13H,4-8H2,1-3H3,(H,11,14). The second-order valence-electron chi connectivity index (χ2n) is 3.58. The van der Waals surface area contributed by atoms with Gasteiger partial charge in [0, 0.05) is 20.7 Å². The number of nitrogens with one attached hydrogen (secondary N) is 1. The second kappa shape index (κ2) is 8.49. The molecule has 0 saturated heterocycles. The van der Waals surface area contributed by atoms with Crippen LogP contribution < -0.4 is 5.32 Å². The topological polar surface area (TPSA) is 61.8 Å². The summed E-state index contributed by atoms with van der Waals surface area (Å²) in [4.78, 5) is 12.9. The third-order valence-corrected chi connectivity index (χ3v) is 2.00. The first-order valence-electron chi connectivity index (χ1n) is 5.27. The summed E-state index contributed by atoms with van der Waals surface area (Å²) < 4.78 is 4.77. The van der Waals surface area contributed by atoms with E-state index in [1.165, 1.54) is 12.0 Å². The highest BCUT2D eigenvalue weighted by Gasteiger charge is 2.12. The first kappa shape index (κ1) is 14.2. The smallest absolute Gasteiger partial charge is 0.317 e. The van der Waals surface area contributed by atoms with Crippen molar-refractivity contribution in [3.05, 3.63) is 0 Å². The summed E-state index contributed by atoms with van der Waals surface area (Å²) in [6, 6.07) is -0.154. The monoisotopic (exact) mass is 218 g/mol. The molecule has 1 unspecified atom stereocenters. The number of urea groups is 1. The van der Waals surface area contributed by atoms with E-state index in [0.717, 1.165) is 12.8 Å². The number of unbranched alkanes of at least 4 members (excludes halogenated alkanes) is 1. The van der Waals surface area contributed by atoms with Gasteiger partial charge in [0.1, 0.15) is 0 Å². The van der Waals surface area contributed by atoms with Gasteiger partial charge in [0.2, 0.25) is 0 Å². The maximum Gasteiger partial charge on any atom is 0.317 e. The van der Waals surface area contributed by atoms with Crippen molar-refractivity contribution in [2.24, 2.45) is 0 Å². The molecule has 5 nitrogen and oxygen atoms in total. The number of carbonyl (C=O) groups excluding carboxylic acids is 1. The number of methoxy groups -OCH3 is 1. The van der Waals surface area contributed by atoms with Gasteiger partial charge in [-0.2, -0.15) is 0 Å². The highest BCUT2D eigenvalue weighted by Crippen LogP contribution is 1.92. The van der Waals surface area contributed by atoms with Crippen molar-refractivity contribution in [2.75, 3.05) is 33.9 Å². The number of nitrogens with zero attached hydrogens (tertiary/aromatic N) is 1. The number of amides is 2. The van der Waals surface area contributed by atoms with Crippen molar-refractivity contribution in [1.29, 1.82) is 0 Å². The molecule has 5 heteroatoms. The lowest BCUT2D eigenvalue weighted by Gasteiger charge is -2.20. The van der Waals surface area contributed by atoms with Crippen molar-refractivity contribution in [3.8, 4) is 0 Å². The van der Waals surface area contributed by atoms with E-state index in [2.05, 4.69) is 12.2 Å². The minimum atomic E-state index is -0.628. The number of aliphatic hydroxyl groups excluding tert-OH is 1. The molecular formula is C10H22N2O3. The highest BCUT2D eigenvalue weighted by atomic mass is 16.5. The molecule has 0 aromatic carbocycles. The van der Waals surface area contributed by atoms with E-state index in [0.29, 0.717) is 6.54 Å². The Labute approximate surface area is 91.4 Å². The van der Waals surface area contributed by atoms with Gasteiger partial charge >= 0.3 is 6.03 Å². The fraction of sp³-hybridized carbons (Fsp3) is 0.900. The molecule has 0 rings (SSSR count). The normalized spacial score (nSPS) is 12.3. The molecule has 15 heavy (non-hydrogen) atoms. The molecular weight excluding hydrogens is 196 g/mol. The Morgan fingerprint density at radius 1 is 1.60 bits per heavy atom. The van der Waals surface area contributed by atoms with Crippen LogP contribution in [0.4, 0.5) is 4.79 Å². The zero-order chi connectivity index (χ0) is 11.7. The van der Waals surface area contributed by atoms with E-state index >= 15 is 0 Å². The fourth-order valence-electron chi connectivity index (χ4n) is 1.15. The van der Waals surface area contributed by atoms with Crippen molar-refractivity contribution in [1.82, 2.24) is 10.2 Å². The second-order valence-corrected chi connectivity index (χ2v) is 3.58. The van der Waals surface area contributed by atoms with Crippen molar-refractivity contribution in [2.45, 2.75) is 25.9 Å². The van der Waals surface area contributed by atoms with Gasteiger partial charge in [-0.25, -0.2) is 4.79 Å². The van der Waals surface area contributed by atoms with E-state index in [1.54, 1.807) is 7.05 Å². The molecule has 0 heterocycles. The van der Waals surface area contributed by atoms with E-state index in [9.17, 15) is 9.90 Å². The van der Waals surface area contributed by atoms with Crippen LogP contribution in [-0.2, 0) is 4.74 Å². The van der Waals surface area contributed by atoms with Crippen molar-refractivity contribution in [3.63, 3.8) is 0 Å². The van der Waals surface area contributed by atoms with E-state index < -0.39 is 6.10 Å². The van der Waals surface area contributed by atoms with Gasteiger partial charge in [0.25, 0.3) is 0 Å². The molecule has 0 spiro atoms. The lowest BCUT2D eigenvalue weighted by atomic mass is 10.3. The Kier molecular flexibility index (Phi) is 8.04. The average Bonchev–Trinajstić information content (AvgIpc) is 2.18. The number of carbonyl (C=O) groups is 1. The van der Waals surface area contributed by atoms with Gasteiger partial charge < -0.3 is 20.1 Å². The van der Waals surface area contributed by atoms with Crippen molar-refractivity contribution >= 4 is 6.03 Å². The van der Waals surface area contributed by atoms with Gasteiger partial charge in [0.05, 0.1) is 19.3 Å². The summed E-state index contributed by atoms with van der Waals surface area (Å²) in [6.45, 7) is 3.27. The molecule has 90 valence electrons. The van der Waals surface area contributed by atoms with Crippen LogP contribution in [0.15, 0.2) is 0 Å². The zero-order valence-electron chi connectivity index (χ0n) is 9.82. The third kappa shape index (κ3) is 7.16. The number of hydrogen-bond donors (Lipinski definition) is 2. The highest BCUT2D eigenvalue weighted by molar-refractivity contribution is 5.73. The lowest BCUT2D eigenvalue weighted by Crippen LogP contribution is -2.42. The zero-order valence-corrected chi connectivity index (χ0v) is 9.82. The summed E-state index contributed by atoms with van der Waals surface area (Å²) in [7, 11) is 3.17. The summed E-state index contributed by atoms with van der Waals surface area (Å²) >= 11 is 0. The van der Waals surface area contributed by atoms with Gasteiger partial charge in [-0.05, 0) is 6.42 Å². The largest absolute Gasteiger partial charge is 0.389 e. The lowest BCUT2D eigenvalue weighted by molar-refractivity contribution is 0.0490. The van der Waals surface area contributed by atoms with E-state index in [-0.39, 0.29) is 19.2 Å². The summed E-state index contributed by atoms with van der Waals surface area (Å²) in [6.07, 6.45) is 1.40. The molecule has 0 aromatic rings. The molecule has 0 bridgehead atoms. The molecule has 2 amide bonds. The molecule has 0 radical (unpaired) electrons. The van der Waals surface area contributed by atoms with Crippen LogP contribution in [0.2, 0.25) is 0 Å². The Morgan fingerprint density at radius 2 is 2.27 bits per heavy atom. The average molecular weight is 218 g/mol. The Balaban J connectivity index is 3.68. The van der Waals surface area contributed by atoms with E-state index in [4.69, 9.17) is 4.74 Å². The van der Waals surface area contributed by atoms with Gasteiger partial charge in [0.15, 0.2) is 0 Å². The molecule has 0 aliphatic carbocycles. The number of hydrogen-bond acceptors (Lipinski definition) is 3. The predicted molar refractivity (Wildman–Crippen MR) is 58.8 cm³/mol. The Bertz CT molecular complexity index is 176. The molecule has 0 saturated carbocycles. The fourth-order valence-corrected chi connectivity index (χ4v) is 1.15. The minimum absolute atomic E-state index is 0.154. The van der Waals surface area contributed by atoms with Gasteiger partial charge in [-0.3, -0.25) is 0 Å². The molecule has 0 fully saturated rings. The first-order chi connectivity index (χ1) is 7.11. The van der Waals surface area contributed by atoms with Crippen LogP contribution in [0.3, 0.4) is 0 Å². The van der Waals surface area contributed by atoms with Crippen molar-refractivity contribution < 1.29 is 14.6 Å². The van der Waals surface area contributed by atoms with Crippen LogP contribution in [0.25, 0.3) is 0 Å². The maximum atomic E-state index is 11.4. The SMILES string of the molecule is CCCCNC(=O)N(C)CC(O)COC. The van der Waals surface area contributed by atoms with Crippen LogP contribution in [0, 0.1) is 0 Å². The maximum absolute atomic E-state index is 11.4. The first-order valence-corrected chi connectivity index (χ1v) is 5.27. The Morgan fingerprint density at radius 3 is 2.80 bits per heavy atom. The van der Waals surface area contributed by atoms with Gasteiger partial charge in [-0.1, -0.05) is 13.3 Å². The van der Waals surface area contributed by atoms with Crippen LogP contribution in [-0.4, -0.2) is 56.0 Å². The summed E-state index contributed by atoms with van der Waals surface area (Å²) in [5.74, 6) is 0. The molecule has 0 aliphatic heterocycles. The number of rotatable bonds is 7. The van der Waals surface area contributed by atoms with Crippen LogP contribution in [0.1, 0.15) is 19.8 Å². The summed E-state index contributed by atoms with van der Waals surface area (Å²) in [5, 5.41) is 12.2. The minimum Gasteiger partial charge on any atom is -0.389 e. The predicted octanol–water partition coefficient (Wildman–Crippen LogP) is 0.435. The third-order valence-electron chi connectivity index (χ3n) is 2.00. The van der Waals surface area contributed by atoms with Crippen LogP contribution >= 0.6 is 0 Å². The molecule has 2 N–H and O–H groups in total.